The molecule has 0 saturated carbocycles. The summed E-state index contributed by atoms with van der Waals surface area (Å²) in [5.41, 5.74) is 0.861. The number of hydrogen-bond donors (Lipinski definition) is 2. The second kappa shape index (κ2) is 4.97. The van der Waals surface area contributed by atoms with Crippen LogP contribution < -0.4 is 10.6 Å². The molecule has 7 nitrogen and oxygen atoms in total. The van der Waals surface area contributed by atoms with Crippen molar-refractivity contribution < 1.29 is 19.2 Å². The first-order chi connectivity index (χ1) is 9.15. The maximum Gasteiger partial charge on any atom is 0.526 e. The molecule has 19 heavy (non-hydrogen) atoms. The van der Waals surface area contributed by atoms with Crippen LogP contribution in [0.1, 0.15) is 0 Å². The first-order valence-corrected chi connectivity index (χ1v) is 6.19. The van der Waals surface area contributed by atoms with Gasteiger partial charge in [-0.2, -0.15) is 4.98 Å². The lowest BCUT2D eigenvalue weighted by Gasteiger charge is -2.27. The molecule has 100 valence electrons. The average molecular weight is 283 g/mol. The van der Waals surface area contributed by atoms with E-state index in [0.717, 1.165) is 0 Å². The van der Waals surface area contributed by atoms with Gasteiger partial charge in [-0.1, -0.05) is 0 Å². The number of rotatable bonds is 2. The molecule has 0 unspecified atom stereocenters. The number of ether oxygens (including phenoxy) is 1. The Bertz CT molecular complexity index is 600. The summed E-state index contributed by atoms with van der Waals surface area (Å²) in [6, 6.07) is 1.44. The van der Waals surface area contributed by atoms with Crippen LogP contribution in [-0.4, -0.2) is 53.4 Å². The van der Waals surface area contributed by atoms with Crippen LogP contribution >= 0.6 is 11.6 Å². The number of furan rings is 1. The molecule has 9 heteroatoms. The van der Waals surface area contributed by atoms with Crippen molar-refractivity contribution >= 4 is 41.3 Å². The van der Waals surface area contributed by atoms with Crippen LogP contribution in [-0.2, 0) is 4.74 Å². The molecule has 3 rings (SSSR count). The molecule has 2 N–H and O–H groups in total. The van der Waals surface area contributed by atoms with Crippen LogP contribution in [0.3, 0.4) is 0 Å². The Balaban J connectivity index is 2.10. The lowest BCUT2D eigenvalue weighted by molar-refractivity contribution is 0.122. The number of fused-ring (bicyclic) bond motifs is 1. The Morgan fingerprint density at radius 3 is 2.68 bits per heavy atom. The number of halogens is 1. The number of aromatic nitrogens is 2. The Morgan fingerprint density at radius 1 is 1.26 bits per heavy atom. The van der Waals surface area contributed by atoms with Crippen molar-refractivity contribution in [3.63, 3.8) is 0 Å². The highest BCUT2D eigenvalue weighted by atomic mass is 35.5. The maximum atomic E-state index is 9.14. The minimum Gasteiger partial charge on any atom is -0.459 e. The SMILES string of the molecule is OB(O)c1cc2nc(Cl)nc(N3CCOCC3)c2o1. The zero-order chi connectivity index (χ0) is 13.4. The average Bonchev–Trinajstić information content (AvgIpc) is 2.82. The molecule has 1 fully saturated rings. The van der Waals surface area contributed by atoms with E-state index < -0.39 is 7.12 Å². The Morgan fingerprint density at radius 2 is 2.00 bits per heavy atom. The van der Waals surface area contributed by atoms with Crippen molar-refractivity contribution in [3.05, 3.63) is 11.3 Å². The van der Waals surface area contributed by atoms with Gasteiger partial charge in [0.25, 0.3) is 0 Å². The Hall–Kier alpha value is -1.35. The normalized spacial score (nSPS) is 16.1. The minimum atomic E-state index is -1.69. The third-order valence-corrected chi connectivity index (χ3v) is 3.08. The van der Waals surface area contributed by atoms with Gasteiger partial charge in [0.1, 0.15) is 11.2 Å². The summed E-state index contributed by atoms with van der Waals surface area (Å²) < 4.78 is 10.7. The molecule has 0 aliphatic carbocycles. The summed E-state index contributed by atoms with van der Waals surface area (Å²) in [7, 11) is -1.69. The van der Waals surface area contributed by atoms with Crippen LogP contribution in [0.2, 0.25) is 5.28 Å². The zero-order valence-corrected chi connectivity index (χ0v) is 10.7. The molecule has 1 saturated heterocycles. The van der Waals surface area contributed by atoms with Crippen LogP contribution in [0.25, 0.3) is 11.1 Å². The van der Waals surface area contributed by atoms with E-state index in [0.29, 0.717) is 43.2 Å². The van der Waals surface area contributed by atoms with Gasteiger partial charge in [0, 0.05) is 19.2 Å². The fourth-order valence-electron chi connectivity index (χ4n) is 2.02. The quantitative estimate of drug-likeness (QED) is 0.561. The van der Waals surface area contributed by atoms with Gasteiger partial charge in [-0.3, -0.25) is 0 Å². The summed E-state index contributed by atoms with van der Waals surface area (Å²) in [6.45, 7) is 2.53. The van der Waals surface area contributed by atoms with E-state index in [-0.39, 0.29) is 10.9 Å². The molecule has 0 aromatic carbocycles. The Kier molecular flexibility index (Phi) is 3.32. The van der Waals surface area contributed by atoms with E-state index in [1.807, 2.05) is 4.90 Å². The topological polar surface area (TPSA) is 91.9 Å². The molecule has 1 aliphatic rings. The largest absolute Gasteiger partial charge is 0.526 e. The first-order valence-electron chi connectivity index (χ1n) is 5.81. The number of hydrogen-bond acceptors (Lipinski definition) is 7. The fraction of sp³-hybridized carbons (Fsp3) is 0.400. The van der Waals surface area contributed by atoms with Gasteiger partial charge in [0.15, 0.2) is 11.4 Å². The van der Waals surface area contributed by atoms with E-state index in [2.05, 4.69) is 9.97 Å². The predicted octanol–water partition coefficient (Wildman–Crippen LogP) is -0.607. The molecule has 1 aliphatic heterocycles. The van der Waals surface area contributed by atoms with Crippen molar-refractivity contribution in [2.24, 2.45) is 0 Å². The summed E-state index contributed by atoms with van der Waals surface area (Å²) in [4.78, 5) is 10.1. The van der Waals surface area contributed by atoms with Crippen LogP contribution in [0.15, 0.2) is 10.5 Å². The smallest absolute Gasteiger partial charge is 0.459 e. The third-order valence-electron chi connectivity index (χ3n) is 2.91. The number of nitrogens with zero attached hydrogens (tertiary/aromatic N) is 3. The molecule has 2 aromatic rings. The van der Waals surface area contributed by atoms with Gasteiger partial charge in [-0.15, -0.1) is 0 Å². The summed E-state index contributed by atoms with van der Waals surface area (Å²) in [6.07, 6.45) is 0. The van der Waals surface area contributed by atoms with Crippen LogP contribution in [0, 0.1) is 0 Å². The molecule has 3 heterocycles. The molecule has 2 aromatic heterocycles. The highest BCUT2D eigenvalue weighted by Gasteiger charge is 2.23. The standard InChI is InChI=1S/C10H11BClN3O4/c12-10-13-6-5-7(11(16)17)19-8(6)9(14-10)15-1-3-18-4-2-15/h5,16-17H,1-4H2. The van der Waals surface area contributed by atoms with Crippen molar-refractivity contribution in [2.45, 2.75) is 0 Å². The maximum absolute atomic E-state index is 9.14. The minimum absolute atomic E-state index is 0.0149. The highest BCUT2D eigenvalue weighted by molar-refractivity contribution is 6.57. The second-order valence-electron chi connectivity index (χ2n) is 4.15. The van der Waals surface area contributed by atoms with Crippen molar-refractivity contribution in [3.8, 4) is 0 Å². The van der Waals surface area contributed by atoms with E-state index in [1.165, 1.54) is 6.07 Å². The van der Waals surface area contributed by atoms with Gasteiger partial charge < -0.3 is 24.1 Å². The van der Waals surface area contributed by atoms with Gasteiger partial charge >= 0.3 is 7.12 Å². The van der Waals surface area contributed by atoms with Gasteiger partial charge in [0.05, 0.1) is 13.2 Å². The van der Waals surface area contributed by atoms with E-state index in [9.17, 15) is 0 Å². The van der Waals surface area contributed by atoms with Gasteiger partial charge in [-0.05, 0) is 11.6 Å². The summed E-state index contributed by atoms with van der Waals surface area (Å²) in [5.74, 6) is 0.546. The van der Waals surface area contributed by atoms with E-state index in [4.69, 9.17) is 30.8 Å². The summed E-state index contributed by atoms with van der Waals surface area (Å²) >= 11 is 5.89. The number of anilines is 1. The lowest BCUT2D eigenvalue weighted by Crippen LogP contribution is -2.37. The van der Waals surface area contributed by atoms with E-state index >= 15 is 0 Å². The van der Waals surface area contributed by atoms with Crippen LogP contribution in [0.4, 0.5) is 5.82 Å². The second-order valence-corrected chi connectivity index (χ2v) is 4.49. The molecular formula is C10H11BClN3O4. The monoisotopic (exact) mass is 283 g/mol. The van der Waals surface area contributed by atoms with Gasteiger partial charge in [0.2, 0.25) is 5.28 Å². The van der Waals surface area contributed by atoms with Crippen molar-refractivity contribution in [1.29, 1.82) is 0 Å². The molecule has 0 atom stereocenters. The molecule has 0 bridgehead atoms. The third kappa shape index (κ3) is 2.39. The predicted molar refractivity (Wildman–Crippen MR) is 69.7 cm³/mol. The first kappa shape index (κ1) is 12.7. The van der Waals surface area contributed by atoms with Crippen molar-refractivity contribution in [2.75, 3.05) is 31.2 Å². The Labute approximate surface area is 113 Å². The lowest BCUT2D eigenvalue weighted by atomic mass is 9.88. The fourth-order valence-corrected chi connectivity index (χ4v) is 2.19. The molecule has 0 amide bonds. The van der Waals surface area contributed by atoms with E-state index in [1.54, 1.807) is 0 Å². The highest BCUT2D eigenvalue weighted by Crippen LogP contribution is 2.26. The molecule has 0 spiro atoms. The van der Waals surface area contributed by atoms with Crippen LogP contribution in [0.5, 0.6) is 0 Å². The molecular weight excluding hydrogens is 272 g/mol. The zero-order valence-electron chi connectivity index (χ0n) is 9.91. The summed E-state index contributed by atoms with van der Waals surface area (Å²) in [5, 5.41) is 18.4. The van der Waals surface area contributed by atoms with Gasteiger partial charge in [-0.25, -0.2) is 4.98 Å². The number of morpholine rings is 1. The molecule has 0 radical (unpaired) electrons. The van der Waals surface area contributed by atoms with Crippen molar-refractivity contribution in [1.82, 2.24) is 9.97 Å².